The molecule has 1 atom stereocenters. The molecule has 1 aliphatic heterocycles. The van der Waals surface area contributed by atoms with Gasteiger partial charge in [0.05, 0.1) is 5.39 Å². The monoisotopic (exact) mass is 276 g/mol. The summed E-state index contributed by atoms with van der Waals surface area (Å²) in [6, 6.07) is 19.5. The van der Waals surface area contributed by atoms with Crippen molar-refractivity contribution in [3.8, 4) is 0 Å². The SMILES string of the molecule is OC1(c2ccccc2)N=CN[n+]2ccc3ccccc3c21. The number of aliphatic hydroxyl groups is 1. The zero-order valence-electron chi connectivity index (χ0n) is 11.3. The molecule has 1 aromatic heterocycles. The largest absolute Gasteiger partial charge is 0.357 e. The number of aliphatic imine (C=N–C) groups is 1. The van der Waals surface area contributed by atoms with Crippen LogP contribution >= 0.6 is 0 Å². The lowest BCUT2D eigenvalue weighted by Crippen LogP contribution is -2.56. The van der Waals surface area contributed by atoms with E-state index in [2.05, 4.69) is 10.4 Å². The van der Waals surface area contributed by atoms with Gasteiger partial charge in [0.15, 0.2) is 0 Å². The molecule has 1 aliphatic rings. The Hall–Kier alpha value is -2.72. The zero-order chi connectivity index (χ0) is 14.3. The summed E-state index contributed by atoms with van der Waals surface area (Å²) in [4.78, 5) is 4.32. The van der Waals surface area contributed by atoms with E-state index >= 15 is 0 Å². The van der Waals surface area contributed by atoms with E-state index in [4.69, 9.17) is 0 Å². The lowest BCUT2D eigenvalue weighted by molar-refractivity contribution is -0.655. The van der Waals surface area contributed by atoms with E-state index in [1.54, 1.807) is 0 Å². The number of benzene rings is 2. The number of hydrogen-bond donors (Lipinski definition) is 2. The van der Waals surface area contributed by atoms with E-state index in [0.29, 0.717) is 5.69 Å². The van der Waals surface area contributed by atoms with Gasteiger partial charge in [0.2, 0.25) is 6.20 Å². The topological polar surface area (TPSA) is 48.5 Å². The summed E-state index contributed by atoms with van der Waals surface area (Å²) in [7, 11) is 0. The molecular weight excluding hydrogens is 262 g/mol. The normalized spacial score (nSPS) is 20.0. The summed E-state index contributed by atoms with van der Waals surface area (Å²) >= 11 is 0. The smallest absolute Gasteiger partial charge is 0.278 e. The molecule has 2 aromatic carbocycles. The fraction of sp³-hybridized carbons (Fsp3) is 0.0588. The summed E-state index contributed by atoms with van der Waals surface area (Å²) in [5.41, 5.74) is 3.11. The fourth-order valence-corrected chi connectivity index (χ4v) is 2.81. The lowest BCUT2D eigenvalue weighted by Gasteiger charge is -2.25. The number of pyridine rings is 1. The summed E-state index contributed by atoms with van der Waals surface area (Å²) in [6.07, 6.45) is 3.42. The predicted octanol–water partition coefficient (Wildman–Crippen LogP) is 1.91. The third kappa shape index (κ3) is 1.73. The summed E-state index contributed by atoms with van der Waals surface area (Å²) < 4.78 is 1.81. The molecule has 2 N–H and O–H groups in total. The number of hydrogen-bond acceptors (Lipinski definition) is 3. The molecule has 102 valence electrons. The quantitative estimate of drug-likeness (QED) is 0.667. The van der Waals surface area contributed by atoms with Gasteiger partial charge >= 0.3 is 0 Å². The second-order valence-corrected chi connectivity index (χ2v) is 5.05. The minimum absolute atomic E-state index is 0.717. The van der Waals surface area contributed by atoms with E-state index in [1.807, 2.05) is 71.5 Å². The van der Waals surface area contributed by atoms with Crippen molar-refractivity contribution >= 4 is 17.1 Å². The first-order chi connectivity index (χ1) is 10.3. The highest BCUT2D eigenvalue weighted by atomic mass is 16.3. The fourth-order valence-electron chi connectivity index (χ4n) is 2.81. The van der Waals surface area contributed by atoms with E-state index in [-0.39, 0.29) is 0 Å². The lowest BCUT2D eigenvalue weighted by atomic mass is 9.95. The van der Waals surface area contributed by atoms with Crippen molar-refractivity contribution in [3.05, 3.63) is 78.1 Å². The van der Waals surface area contributed by atoms with E-state index in [1.165, 1.54) is 6.34 Å². The molecule has 1 unspecified atom stereocenters. The van der Waals surface area contributed by atoms with Gasteiger partial charge in [-0.25, -0.2) is 4.99 Å². The van der Waals surface area contributed by atoms with Gasteiger partial charge in [-0.15, -0.1) is 5.43 Å². The van der Waals surface area contributed by atoms with Gasteiger partial charge < -0.3 is 5.11 Å². The van der Waals surface area contributed by atoms with Gasteiger partial charge in [0, 0.05) is 11.6 Å². The standard InChI is InChI=1S/C17H14N3O/c21-17(14-7-2-1-3-8-14)16-15-9-5-4-6-13(15)10-11-20(16)19-12-18-17/h1-12,21H,(H,18,19)/q+1. The van der Waals surface area contributed by atoms with Crippen LogP contribution in [0.5, 0.6) is 0 Å². The zero-order valence-corrected chi connectivity index (χ0v) is 11.3. The molecule has 0 spiro atoms. The maximum Gasteiger partial charge on any atom is 0.278 e. The molecule has 0 radical (unpaired) electrons. The van der Waals surface area contributed by atoms with Gasteiger partial charge in [-0.3, -0.25) is 0 Å². The Balaban J connectivity index is 2.07. The van der Waals surface area contributed by atoms with Crippen molar-refractivity contribution in [3.63, 3.8) is 0 Å². The van der Waals surface area contributed by atoms with Crippen LogP contribution in [0.3, 0.4) is 0 Å². The van der Waals surface area contributed by atoms with Gasteiger partial charge in [-0.2, -0.15) is 0 Å². The Kier molecular flexibility index (Phi) is 2.52. The third-order valence-electron chi connectivity index (χ3n) is 3.81. The molecule has 2 heterocycles. The molecule has 0 aliphatic carbocycles. The first-order valence-electron chi connectivity index (χ1n) is 6.81. The van der Waals surface area contributed by atoms with Crippen LogP contribution < -0.4 is 10.1 Å². The maximum atomic E-state index is 11.2. The molecule has 0 bridgehead atoms. The van der Waals surface area contributed by atoms with Crippen molar-refractivity contribution in [2.75, 3.05) is 5.43 Å². The Morgan fingerprint density at radius 1 is 0.952 bits per heavy atom. The van der Waals surface area contributed by atoms with Crippen molar-refractivity contribution in [1.29, 1.82) is 0 Å². The summed E-state index contributed by atoms with van der Waals surface area (Å²) in [5, 5.41) is 13.3. The van der Waals surface area contributed by atoms with E-state index in [0.717, 1.165) is 16.3 Å². The van der Waals surface area contributed by atoms with Gasteiger partial charge in [0.1, 0.15) is 6.34 Å². The van der Waals surface area contributed by atoms with Crippen LogP contribution in [0.2, 0.25) is 0 Å². The second-order valence-electron chi connectivity index (χ2n) is 5.05. The van der Waals surface area contributed by atoms with Gasteiger partial charge in [0.25, 0.3) is 11.4 Å². The molecule has 0 saturated carbocycles. The average Bonchev–Trinajstić information content (AvgIpc) is 2.55. The van der Waals surface area contributed by atoms with Crippen LogP contribution in [0.25, 0.3) is 10.8 Å². The molecule has 0 amide bonds. The van der Waals surface area contributed by atoms with E-state index < -0.39 is 5.72 Å². The molecule has 0 fully saturated rings. The first kappa shape index (κ1) is 12.1. The highest BCUT2D eigenvalue weighted by molar-refractivity contribution is 5.85. The number of fused-ring (bicyclic) bond motifs is 3. The first-order valence-corrected chi connectivity index (χ1v) is 6.81. The number of aromatic nitrogens is 1. The number of nitrogens with zero attached hydrogens (tertiary/aromatic N) is 2. The van der Waals surface area contributed by atoms with Crippen LogP contribution in [0.15, 0.2) is 71.9 Å². The number of rotatable bonds is 1. The Labute approximate surface area is 122 Å². The second kappa shape index (κ2) is 4.40. The third-order valence-corrected chi connectivity index (χ3v) is 3.81. The van der Waals surface area contributed by atoms with Crippen molar-refractivity contribution in [1.82, 2.24) is 0 Å². The average molecular weight is 276 g/mol. The molecule has 21 heavy (non-hydrogen) atoms. The van der Waals surface area contributed by atoms with Gasteiger partial charge in [-0.1, -0.05) is 53.2 Å². The van der Waals surface area contributed by atoms with Crippen molar-refractivity contribution < 1.29 is 9.78 Å². The highest BCUT2D eigenvalue weighted by Crippen LogP contribution is 2.33. The molecule has 4 nitrogen and oxygen atoms in total. The predicted molar refractivity (Wildman–Crippen MR) is 81.4 cm³/mol. The minimum Gasteiger partial charge on any atom is -0.357 e. The van der Waals surface area contributed by atoms with Crippen molar-refractivity contribution in [2.24, 2.45) is 4.99 Å². The van der Waals surface area contributed by atoms with Crippen LogP contribution in [0.1, 0.15) is 11.3 Å². The van der Waals surface area contributed by atoms with Gasteiger partial charge in [-0.05, 0) is 11.5 Å². The van der Waals surface area contributed by atoms with Crippen LogP contribution in [-0.4, -0.2) is 11.4 Å². The maximum absolute atomic E-state index is 11.2. The molecule has 0 saturated heterocycles. The molecule has 4 rings (SSSR count). The Bertz CT molecular complexity index is 845. The highest BCUT2D eigenvalue weighted by Gasteiger charge is 2.43. The van der Waals surface area contributed by atoms with E-state index in [9.17, 15) is 5.11 Å². The Morgan fingerprint density at radius 2 is 1.71 bits per heavy atom. The number of nitrogens with one attached hydrogen (secondary N) is 1. The molecule has 4 heteroatoms. The van der Waals surface area contributed by atoms with Crippen molar-refractivity contribution in [2.45, 2.75) is 5.72 Å². The summed E-state index contributed by atoms with van der Waals surface area (Å²) in [5.74, 6) is 0. The molecular formula is C17H14N3O+. The van der Waals surface area contributed by atoms with Crippen LogP contribution in [-0.2, 0) is 5.72 Å². The minimum atomic E-state index is -1.40. The van der Waals surface area contributed by atoms with Crippen LogP contribution in [0.4, 0.5) is 0 Å². The molecule has 3 aromatic rings. The Morgan fingerprint density at radius 3 is 2.57 bits per heavy atom. The summed E-state index contributed by atoms with van der Waals surface area (Å²) in [6.45, 7) is 0. The van der Waals surface area contributed by atoms with Crippen LogP contribution in [0, 0.1) is 0 Å².